The molecule has 2 N–H and O–H groups in total. The van der Waals surface area contributed by atoms with Gasteiger partial charge in [0.25, 0.3) is 0 Å². The van der Waals surface area contributed by atoms with Crippen LogP contribution >= 0.6 is 0 Å². The second-order valence-corrected chi connectivity index (χ2v) is 3.52. The van der Waals surface area contributed by atoms with Gasteiger partial charge in [0.15, 0.2) is 11.6 Å². The van der Waals surface area contributed by atoms with E-state index in [9.17, 15) is 4.39 Å². The lowest BCUT2D eigenvalue weighted by atomic mass is 10.2. The molecular formula is C12H12FN3O2. The molecule has 2 rings (SSSR count). The fourth-order valence-corrected chi connectivity index (χ4v) is 1.30. The summed E-state index contributed by atoms with van der Waals surface area (Å²) in [5.74, 6) is -0.123. The maximum Gasteiger partial charge on any atom is 0.318 e. The summed E-state index contributed by atoms with van der Waals surface area (Å²) >= 11 is 0. The third kappa shape index (κ3) is 2.85. The highest BCUT2D eigenvalue weighted by Crippen LogP contribution is 2.14. The minimum atomic E-state index is -0.660. The molecule has 1 heterocycles. The van der Waals surface area contributed by atoms with Gasteiger partial charge in [0.05, 0.1) is 13.3 Å². The molecule has 0 atom stereocenters. The number of nitrogens with two attached hydrogens (primary N) is 1. The van der Waals surface area contributed by atoms with Gasteiger partial charge in [-0.3, -0.25) is 0 Å². The van der Waals surface area contributed by atoms with E-state index in [1.165, 1.54) is 0 Å². The first-order valence-electron chi connectivity index (χ1n) is 5.23. The zero-order valence-corrected chi connectivity index (χ0v) is 9.76. The smallest absolute Gasteiger partial charge is 0.318 e. The van der Waals surface area contributed by atoms with Crippen molar-refractivity contribution in [1.82, 2.24) is 9.97 Å². The molecule has 0 aliphatic rings. The molecular weight excluding hydrogens is 237 g/mol. The molecule has 2 aromatic rings. The first-order valence-corrected chi connectivity index (χ1v) is 5.23. The Labute approximate surface area is 103 Å². The first-order chi connectivity index (χ1) is 8.69. The third-order valence-corrected chi connectivity index (χ3v) is 2.28. The molecule has 0 spiro atoms. The number of benzene rings is 1. The number of hydrogen-bond acceptors (Lipinski definition) is 5. The highest BCUT2D eigenvalue weighted by molar-refractivity contribution is 5.29. The normalized spacial score (nSPS) is 10.1. The zero-order chi connectivity index (χ0) is 13.0. The molecule has 0 unspecified atom stereocenters. The summed E-state index contributed by atoms with van der Waals surface area (Å²) in [6.07, 6.45) is 0.978. The van der Waals surface area contributed by atoms with Crippen molar-refractivity contribution in [3.63, 3.8) is 0 Å². The number of rotatable bonds is 4. The molecule has 0 saturated carbocycles. The van der Waals surface area contributed by atoms with Crippen molar-refractivity contribution >= 4 is 5.82 Å². The van der Waals surface area contributed by atoms with E-state index in [0.717, 1.165) is 17.5 Å². The number of nitrogen functional groups attached to an aromatic ring is 1. The molecule has 0 aliphatic heterocycles. The second-order valence-electron chi connectivity index (χ2n) is 3.52. The largest absolute Gasteiger partial charge is 0.497 e. The van der Waals surface area contributed by atoms with E-state index in [2.05, 4.69) is 9.97 Å². The average Bonchev–Trinajstić information content (AvgIpc) is 2.41. The predicted octanol–water partition coefficient (Wildman–Crippen LogP) is 1.79. The van der Waals surface area contributed by atoms with Gasteiger partial charge in [-0.15, -0.1) is 0 Å². The van der Waals surface area contributed by atoms with Gasteiger partial charge in [-0.1, -0.05) is 12.1 Å². The molecule has 0 amide bonds. The summed E-state index contributed by atoms with van der Waals surface area (Å²) in [5, 5.41) is 0. The summed E-state index contributed by atoms with van der Waals surface area (Å²) < 4.78 is 23.2. The van der Waals surface area contributed by atoms with E-state index in [1.807, 2.05) is 24.3 Å². The summed E-state index contributed by atoms with van der Waals surface area (Å²) in [6, 6.07) is 7.39. The summed E-state index contributed by atoms with van der Waals surface area (Å²) in [6.45, 7) is 0.273. The Balaban J connectivity index is 1.99. The van der Waals surface area contributed by atoms with Gasteiger partial charge in [-0.05, 0) is 17.7 Å². The molecule has 18 heavy (non-hydrogen) atoms. The minimum absolute atomic E-state index is 0.0460. The number of hydrogen-bond donors (Lipinski definition) is 1. The van der Waals surface area contributed by atoms with Gasteiger partial charge in [-0.25, -0.2) is 9.37 Å². The van der Waals surface area contributed by atoms with Crippen LogP contribution in [0.4, 0.5) is 10.2 Å². The number of methoxy groups -OCH3 is 1. The third-order valence-electron chi connectivity index (χ3n) is 2.28. The molecule has 0 bridgehead atoms. The van der Waals surface area contributed by atoms with Crippen molar-refractivity contribution in [2.24, 2.45) is 0 Å². The Bertz CT molecular complexity index is 531. The molecule has 94 valence electrons. The Morgan fingerprint density at radius 3 is 2.61 bits per heavy atom. The highest BCUT2D eigenvalue weighted by atomic mass is 19.1. The highest BCUT2D eigenvalue weighted by Gasteiger charge is 2.04. The maximum atomic E-state index is 12.8. The standard InChI is InChI=1S/C12H12FN3O2/c1-17-9-4-2-8(3-5-9)7-18-12-15-6-10(13)11(14)16-12/h2-6H,7H2,1H3,(H2,14,15,16). The maximum absolute atomic E-state index is 12.8. The van der Waals surface area contributed by atoms with E-state index in [4.69, 9.17) is 15.2 Å². The lowest BCUT2D eigenvalue weighted by Crippen LogP contribution is -2.03. The number of anilines is 1. The van der Waals surface area contributed by atoms with Crippen molar-refractivity contribution in [3.8, 4) is 11.8 Å². The molecule has 0 fully saturated rings. The van der Waals surface area contributed by atoms with E-state index in [-0.39, 0.29) is 18.4 Å². The van der Waals surface area contributed by atoms with Crippen molar-refractivity contribution in [2.45, 2.75) is 6.61 Å². The van der Waals surface area contributed by atoms with Crippen LogP contribution in [0, 0.1) is 5.82 Å². The van der Waals surface area contributed by atoms with Crippen LogP contribution in [0.2, 0.25) is 0 Å². The van der Waals surface area contributed by atoms with Gasteiger partial charge in [0.2, 0.25) is 0 Å². The Morgan fingerprint density at radius 2 is 2.00 bits per heavy atom. The van der Waals surface area contributed by atoms with Crippen LogP contribution in [-0.4, -0.2) is 17.1 Å². The zero-order valence-electron chi connectivity index (χ0n) is 9.76. The second kappa shape index (κ2) is 5.31. The molecule has 0 aliphatic carbocycles. The van der Waals surface area contributed by atoms with Crippen LogP contribution < -0.4 is 15.2 Å². The van der Waals surface area contributed by atoms with Gasteiger partial charge in [0, 0.05) is 0 Å². The lowest BCUT2D eigenvalue weighted by molar-refractivity contribution is 0.280. The average molecular weight is 249 g/mol. The van der Waals surface area contributed by atoms with Gasteiger partial charge < -0.3 is 15.2 Å². The molecule has 1 aromatic heterocycles. The molecule has 6 heteroatoms. The summed E-state index contributed by atoms with van der Waals surface area (Å²) in [4.78, 5) is 7.34. The van der Waals surface area contributed by atoms with Gasteiger partial charge in [-0.2, -0.15) is 4.98 Å². The molecule has 0 radical (unpaired) electrons. The number of aromatic nitrogens is 2. The predicted molar refractivity (Wildman–Crippen MR) is 63.7 cm³/mol. The number of halogens is 1. The van der Waals surface area contributed by atoms with Crippen LogP contribution in [0.25, 0.3) is 0 Å². The van der Waals surface area contributed by atoms with Gasteiger partial charge >= 0.3 is 6.01 Å². The topological polar surface area (TPSA) is 70.3 Å². The molecule has 0 saturated heterocycles. The Morgan fingerprint density at radius 1 is 1.28 bits per heavy atom. The Hall–Kier alpha value is -2.37. The Kier molecular flexibility index (Phi) is 3.57. The molecule has 1 aromatic carbocycles. The minimum Gasteiger partial charge on any atom is -0.497 e. The van der Waals surface area contributed by atoms with E-state index in [1.54, 1.807) is 7.11 Å². The number of ether oxygens (including phenoxy) is 2. The van der Waals surface area contributed by atoms with Crippen molar-refractivity contribution in [2.75, 3.05) is 12.8 Å². The fourth-order valence-electron chi connectivity index (χ4n) is 1.30. The van der Waals surface area contributed by atoms with Crippen molar-refractivity contribution < 1.29 is 13.9 Å². The quantitative estimate of drug-likeness (QED) is 0.894. The van der Waals surface area contributed by atoms with Gasteiger partial charge in [0.1, 0.15) is 12.4 Å². The molecule has 5 nitrogen and oxygen atoms in total. The van der Waals surface area contributed by atoms with Crippen LogP contribution in [0.5, 0.6) is 11.8 Å². The lowest BCUT2D eigenvalue weighted by Gasteiger charge is -2.06. The SMILES string of the molecule is COc1ccc(COc2ncc(F)c(N)n2)cc1. The first kappa shape index (κ1) is 12.1. The van der Waals surface area contributed by atoms with E-state index in [0.29, 0.717) is 0 Å². The van der Waals surface area contributed by atoms with Crippen LogP contribution in [0.1, 0.15) is 5.56 Å². The van der Waals surface area contributed by atoms with E-state index < -0.39 is 5.82 Å². The van der Waals surface area contributed by atoms with Crippen molar-refractivity contribution in [1.29, 1.82) is 0 Å². The van der Waals surface area contributed by atoms with Crippen LogP contribution in [-0.2, 0) is 6.61 Å². The van der Waals surface area contributed by atoms with E-state index >= 15 is 0 Å². The monoisotopic (exact) mass is 249 g/mol. The van der Waals surface area contributed by atoms with Crippen LogP contribution in [0.15, 0.2) is 30.5 Å². The van der Waals surface area contributed by atoms with Crippen LogP contribution in [0.3, 0.4) is 0 Å². The van der Waals surface area contributed by atoms with Crippen molar-refractivity contribution in [3.05, 3.63) is 41.8 Å². The fraction of sp³-hybridized carbons (Fsp3) is 0.167. The number of nitrogens with zero attached hydrogens (tertiary/aromatic N) is 2. The summed E-state index contributed by atoms with van der Waals surface area (Å²) in [5.41, 5.74) is 6.22. The summed E-state index contributed by atoms with van der Waals surface area (Å²) in [7, 11) is 1.60.